The molecule has 0 saturated heterocycles. The molecule has 0 fully saturated rings. The van der Waals surface area contributed by atoms with E-state index in [4.69, 9.17) is 23.2 Å². The first-order valence-electron chi connectivity index (χ1n) is 5.40. The Morgan fingerprint density at radius 2 is 1.95 bits per heavy atom. The van der Waals surface area contributed by atoms with Crippen molar-refractivity contribution in [1.29, 1.82) is 0 Å². The molecule has 1 aromatic heterocycles. The molecule has 2 nitrogen and oxygen atoms in total. The second kappa shape index (κ2) is 6.55. The van der Waals surface area contributed by atoms with Gasteiger partial charge in [-0.05, 0) is 55.6 Å². The molecule has 0 aliphatic rings. The Morgan fingerprint density at radius 1 is 1.21 bits per heavy atom. The average molecular weight is 426 g/mol. The van der Waals surface area contributed by atoms with Gasteiger partial charge >= 0.3 is 0 Å². The minimum Gasteiger partial charge on any atom is -0.386 e. The van der Waals surface area contributed by atoms with Crippen LogP contribution in [0, 0.1) is 0 Å². The summed E-state index contributed by atoms with van der Waals surface area (Å²) in [6.45, 7) is 0. The van der Waals surface area contributed by atoms with Gasteiger partial charge in [0.2, 0.25) is 0 Å². The van der Waals surface area contributed by atoms with E-state index in [0.29, 0.717) is 22.2 Å². The lowest BCUT2D eigenvalue weighted by Crippen LogP contribution is -2.05. The average Bonchev–Trinajstić information content (AvgIpc) is 2.32. The first kappa shape index (κ1) is 15.3. The van der Waals surface area contributed by atoms with Gasteiger partial charge in [-0.1, -0.05) is 29.3 Å². The number of aromatic nitrogens is 1. The lowest BCUT2D eigenvalue weighted by molar-refractivity contribution is 0.173. The molecule has 0 aliphatic carbocycles. The van der Waals surface area contributed by atoms with Gasteiger partial charge in [-0.15, -0.1) is 0 Å². The van der Waals surface area contributed by atoms with E-state index in [1.165, 1.54) is 0 Å². The maximum absolute atomic E-state index is 10.2. The number of aliphatic hydroxyl groups is 1. The van der Waals surface area contributed by atoms with Crippen molar-refractivity contribution in [3.05, 3.63) is 60.7 Å². The molecule has 0 aliphatic heterocycles. The molecule has 0 spiro atoms. The third-order valence-corrected chi connectivity index (χ3v) is 4.24. The van der Waals surface area contributed by atoms with E-state index in [1.54, 1.807) is 24.4 Å². The monoisotopic (exact) mass is 423 g/mol. The fourth-order valence-corrected chi connectivity index (χ4v) is 3.40. The van der Waals surface area contributed by atoms with Crippen LogP contribution < -0.4 is 0 Å². The highest BCUT2D eigenvalue weighted by atomic mass is 79.9. The summed E-state index contributed by atoms with van der Waals surface area (Å²) >= 11 is 18.6. The number of pyridine rings is 1. The number of aliphatic hydroxyl groups excluding tert-OH is 1. The van der Waals surface area contributed by atoms with Crippen LogP contribution in [0.2, 0.25) is 10.0 Å². The quantitative estimate of drug-likeness (QED) is 0.734. The van der Waals surface area contributed by atoms with Gasteiger partial charge in [-0.25, -0.2) is 0 Å². The van der Waals surface area contributed by atoms with Crippen LogP contribution in [0.5, 0.6) is 0 Å². The van der Waals surface area contributed by atoms with Crippen molar-refractivity contribution in [3.8, 4) is 0 Å². The maximum Gasteiger partial charge on any atom is 0.101 e. The summed E-state index contributed by atoms with van der Waals surface area (Å²) in [5.74, 6) is 0. The van der Waals surface area contributed by atoms with Crippen LogP contribution in [0.3, 0.4) is 0 Å². The van der Waals surface area contributed by atoms with Crippen molar-refractivity contribution >= 4 is 55.1 Å². The zero-order chi connectivity index (χ0) is 14.0. The van der Waals surface area contributed by atoms with Gasteiger partial charge < -0.3 is 5.11 Å². The number of hydrogen-bond donors (Lipinski definition) is 1. The molecule has 1 unspecified atom stereocenters. The molecule has 0 bridgehead atoms. The van der Waals surface area contributed by atoms with Gasteiger partial charge in [0.1, 0.15) is 6.10 Å². The van der Waals surface area contributed by atoms with E-state index >= 15 is 0 Å². The summed E-state index contributed by atoms with van der Waals surface area (Å²) in [5.41, 5.74) is 1.41. The zero-order valence-electron chi connectivity index (χ0n) is 9.58. The van der Waals surface area contributed by atoms with Gasteiger partial charge in [-0.2, -0.15) is 0 Å². The van der Waals surface area contributed by atoms with E-state index < -0.39 is 6.10 Å². The van der Waals surface area contributed by atoms with Crippen LogP contribution in [-0.4, -0.2) is 10.1 Å². The first-order chi connectivity index (χ1) is 8.97. The Labute approximate surface area is 138 Å². The summed E-state index contributed by atoms with van der Waals surface area (Å²) in [4.78, 5) is 4.21. The highest BCUT2D eigenvalue weighted by molar-refractivity contribution is 9.11. The number of rotatable bonds is 3. The Balaban J connectivity index is 2.23. The van der Waals surface area contributed by atoms with Crippen molar-refractivity contribution in [1.82, 2.24) is 4.98 Å². The van der Waals surface area contributed by atoms with E-state index in [1.807, 2.05) is 6.07 Å². The van der Waals surface area contributed by atoms with Gasteiger partial charge in [-0.3, -0.25) is 4.98 Å². The van der Waals surface area contributed by atoms with Gasteiger partial charge in [0, 0.05) is 31.6 Å². The van der Waals surface area contributed by atoms with E-state index in [0.717, 1.165) is 14.5 Å². The van der Waals surface area contributed by atoms with Crippen LogP contribution in [-0.2, 0) is 6.42 Å². The minimum atomic E-state index is -0.735. The molecule has 0 radical (unpaired) electrons. The predicted octanol–water partition coefficient (Wildman–Crippen LogP) is 5.19. The molecule has 1 atom stereocenters. The molecular formula is C13H9Br2Cl2NO. The number of benzene rings is 1. The minimum absolute atomic E-state index is 0.378. The molecule has 0 saturated carbocycles. The Morgan fingerprint density at radius 3 is 2.58 bits per heavy atom. The smallest absolute Gasteiger partial charge is 0.101 e. The van der Waals surface area contributed by atoms with Gasteiger partial charge in [0.05, 0.1) is 5.69 Å². The molecule has 2 aromatic rings. The molecule has 1 N–H and O–H groups in total. The van der Waals surface area contributed by atoms with Crippen molar-refractivity contribution in [3.63, 3.8) is 0 Å². The first-order valence-corrected chi connectivity index (χ1v) is 7.74. The van der Waals surface area contributed by atoms with Crippen LogP contribution in [0.1, 0.15) is 17.4 Å². The summed E-state index contributed by atoms with van der Waals surface area (Å²) in [5, 5.41) is 11.4. The van der Waals surface area contributed by atoms with E-state index in [-0.39, 0.29) is 0 Å². The third kappa shape index (κ3) is 3.92. The third-order valence-electron chi connectivity index (χ3n) is 2.58. The fourth-order valence-electron chi connectivity index (χ4n) is 1.66. The lowest BCUT2D eigenvalue weighted by atomic mass is 10.1. The van der Waals surface area contributed by atoms with Crippen LogP contribution >= 0.6 is 55.1 Å². The molecule has 100 valence electrons. The molecule has 6 heteroatoms. The van der Waals surface area contributed by atoms with Crippen LogP contribution in [0.4, 0.5) is 0 Å². The maximum atomic E-state index is 10.2. The van der Waals surface area contributed by atoms with Gasteiger partial charge in [0.15, 0.2) is 0 Å². The standard InChI is InChI=1S/C13H9Br2Cl2NO/c14-8-4-10(15)13(18-6-8)12(19)3-7-1-2-9(16)5-11(7)17/h1-2,4-6,12,19H,3H2. The van der Waals surface area contributed by atoms with E-state index in [2.05, 4.69) is 36.8 Å². The largest absolute Gasteiger partial charge is 0.386 e. The molecule has 2 rings (SSSR count). The Bertz CT molecular complexity index is 607. The van der Waals surface area contributed by atoms with Crippen LogP contribution in [0.15, 0.2) is 39.4 Å². The summed E-state index contributed by atoms with van der Waals surface area (Å²) in [6.07, 6.45) is 1.29. The van der Waals surface area contributed by atoms with Crippen molar-refractivity contribution in [2.45, 2.75) is 12.5 Å². The second-order valence-electron chi connectivity index (χ2n) is 3.98. The number of nitrogens with zero attached hydrogens (tertiary/aromatic N) is 1. The second-order valence-corrected chi connectivity index (χ2v) is 6.59. The van der Waals surface area contributed by atoms with Crippen molar-refractivity contribution in [2.24, 2.45) is 0 Å². The van der Waals surface area contributed by atoms with Crippen molar-refractivity contribution < 1.29 is 5.11 Å². The summed E-state index contributed by atoms with van der Waals surface area (Å²) < 4.78 is 1.60. The normalized spacial score (nSPS) is 12.5. The highest BCUT2D eigenvalue weighted by Crippen LogP contribution is 2.29. The summed E-state index contributed by atoms with van der Waals surface area (Å²) in [7, 11) is 0. The predicted molar refractivity (Wildman–Crippen MR) is 84.8 cm³/mol. The number of halogens is 4. The highest BCUT2D eigenvalue weighted by Gasteiger charge is 2.15. The Kier molecular flexibility index (Phi) is 5.26. The topological polar surface area (TPSA) is 33.1 Å². The molecule has 1 heterocycles. The molecule has 19 heavy (non-hydrogen) atoms. The molecule has 0 amide bonds. The fraction of sp³-hybridized carbons (Fsp3) is 0.154. The van der Waals surface area contributed by atoms with E-state index in [9.17, 15) is 5.11 Å². The Hall–Kier alpha value is -0.130. The lowest BCUT2D eigenvalue weighted by Gasteiger charge is -2.13. The SMILES string of the molecule is OC(Cc1ccc(Cl)cc1Cl)c1ncc(Br)cc1Br. The van der Waals surface area contributed by atoms with Crippen molar-refractivity contribution in [2.75, 3.05) is 0 Å². The summed E-state index contributed by atoms with van der Waals surface area (Å²) in [6, 6.07) is 7.06. The van der Waals surface area contributed by atoms with Gasteiger partial charge in [0.25, 0.3) is 0 Å². The number of hydrogen-bond acceptors (Lipinski definition) is 2. The zero-order valence-corrected chi connectivity index (χ0v) is 14.3. The molecular weight excluding hydrogens is 417 g/mol. The van der Waals surface area contributed by atoms with Crippen LogP contribution in [0.25, 0.3) is 0 Å². The molecule has 1 aromatic carbocycles.